The number of thiazole rings is 1. The fraction of sp³-hybridized carbons (Fsp3) is 0.419. The van der Waals surface area contributed by atoms with Gasteiger partial charge in [-0.2, -0.15) is 0 Å². The Kier molecular flexibility index (Phi) is 6.81. The van der Waals surface area contributed by atoms with Gasteiger partial charge in [-0.1, -0.05) is 39.4 Å². The van der Waals surface area contributed by atoms with Gasteiger partial charge in [0.15, 0.2) is 6.61 Å². The third-order valence-electron chi connectivity index (χ3n) is 9.77. The van der Waals surface area contributed by atoms with E-state index in [1.54, 1.807) is 16.7 Å². The van der Waals surface area contributed by atoms with Crippen LogP contribution in [0.2, 0.25) is 0 Å². The number of nitrogens with one attached hydrogen (secondary N) is 1. The Morgan fingerprint density at radius 2 is 1.67 bits per heavy atom. The van der Waals surface area contributed by atoms with Crippen LogP contribution in [-0.2, 0) is 19.1 Å². The smallest absolute Gasteiger partial charge is 0.305 e. The van der Waals surface area contributed by atoms with Crippen LogP contribution >= 0.6 is 39.0 Å². The Hall–Kier alpha value is -2.93. The van der Waals surface area contributed by atoms with Gasteiger partial charge in [-0.25, -0.2) is 0 Å². The van der Waals surface area contributed by atoms with Crippen LogP contribution in [0.15, 0.2) is 62.8 Å². The van der Waals surface area contributed by atoms with Crippen LogP contribution in [0.25, 0.3) is 0 Å². The highest BCUT2D eigenvalue weighted by molar-refractivity contribution is 9.10. The standard InChI is InChI=1S/C31H28BrN3O6S2/c32-16-3-5-17(6-4-16)35-29(37)24-19-13-20(25(24)30(35)38)26-23(19)22(27-28(42-26)33-31(39)43-27)15-1-7-18(8-2-15)41-14-21(36)34-9-11-40-12-10-34/h1-8,19-20,22-26H,9-14H2,(H,33,39)/t19-,20-,22-,23?,24?,25?,26?/m1/s1. The molecule has 2 saturated heterocycles. The van der Waals surface area contributed by atoms with E-state index in [9.17, 15) is 19.2 Å². The first-order valence-electron chi connectivity index (χ1n) is 14.5. The number of benzene rings is 2. The number of fused-ring (bicyclic) bond motifs is 9. The Morgan fingerprint density at radius 3 is 2.40 bits per heavy atom. The Morgan fingerprint density at radius 1 is 0.977 bits per heavy atom. The van der Waals surface area contributed by atoms with Gasteiger partial charge in [0.05, 0.1) is 35.8 Å². The molecule has 1 aromatic heterocycles. The van der Waals surface area contributed by atoms with Crippen molar-refractivity contribution in [2.75, 3.05) is 37.8 Å². The van der Waals surface area contributed by atoms with Crippen molar-refractivity contribution in [2.24, 2.45) is 29.6 Å². The Balaban J connectivity index is 1.08. The normalized spacial score (nSPS) is 30.8. The summed E-state index contributed by atoms with van der Waals surface area (Å²) in [6, 6.07) is 15.1. The molecule has 5 aliphatic rings. The maximum absolute atomic E-state index is 13.9. The molecule has 4 heterocycles. The SMILES string of the molecule is O=C(COc1ccc([C@H]2c3sc(=O)[nH]c3SC3C2[C@H]2C[C@@H]3C3C(=O)N(c4ccc(Br)cc4)C(=O)C32)cc1)N1CCOCC1. The monoisotopic (exact) mass is 681 g/mol. The quantitative estimate of drug-likeness (QED) is 0.404. The van der Waals surface area contributed by atoms with Gasteiger partial charge in [0.1, 0.15) is 5.75 Å². The number of H-pyrrole nitrogens is 1. The number of imide groups is 1. The lowest BCUT2D eigenvalue weighted by molar-refractivity contribution is -0.137. The number of halogens is 1. The molecule has 3 aromatic rings. The predicted molar refractivity (Wildman–Crippen MR) is 164 cm³/mol. The molecule has 0 spiro atoms. The van der Waals surface area contributed by atoms with Crippen LogP contribution in [-0.4, -0.2) is 65.8 Å². The summed E-state index contributed by atoms with van der Waals surface area (Å²) in [6.45, 7) is 2.20. The van der Waals surface area contributed by atoms with E-state index in [2.05, 4.69) is 20.9 Å². The zero-order valence-electron chi connectivity index (χ0n) is 22.9. The third kappa shape index (κ3) is 4.43. The molecular weight excluding hydrogens is 654 g/mol. The van der Waals surface area contributed by atoms with Gasteiger partial charge < -0.3 is 19.4 Å². The number of carbonyl (C=O) groups is 3. The third-order valence-corrected chi connectivity index (χ3v) is 12.9. The topological polar surface area (TPSA) is 109 Å². The molecule has 2 saturated carbocycles. The molecule has 2 aliphatic carbocycles. The van der Waals surface area contributed by atoms with E-state index in [1.807, 2.05) is 48.5 Å². The molecule has 222 valence electrons. The summed E-state index contributed by atoms with van der Waals surface area (Å²) in [4.78, 5) is 59.9. The lowest BCUT2D eigenvalue weighted by Gasteiger charge is -2.43. The highest BCUT2D eigenvalue weighted by Crippen LogP contribution is 2.68. The summed E-state index contributed by atoms with van der Waals surface area (Å²) in [5, 5.41) is 1.00. The minimum atomic E-state index is -0.350. The van der Waals surface area contributed by atoms with E-state index in [4.69, 9.17) is 9.47 Å². The van der Waals surface area contributed by atoms with E-state index in [-0.39, 0.29) is 70.0 Å². The molecule has 3 aliphatic heterocycles. The van der Waals surface area contributed by atoms with Gasteiger partial charge >= 0.3 is 4.87 Å². The molecule has 7 atom stereocenters. The number of hydrogen-bond acceptors (Lipinski definition) is 8. The summed E-state index contributed by atoms with van der Waals surface area (Å²) in [5.74, 6) is -0.196. The second kappa shape index (κ2) is 10.6. The number of rotatable bonds is 5. The predicted octanol–water partition coefficient (Wildman–Crippen LogP) is 4.11. The van der Waals surface area contributed by atoms with Crippen LogP contribution < -0.4 is 14.5 Å². The summed E-state index contributed by atoms with van der Waals surface area (Å²) >= 11 is 6.36. The van der Waals surface area contributed by atoms with E-state index in [0.717, 1.165) is 26.4 Å². The largest absolute Gasteiger partial charge is 0.484 e. The Labute approximate surface area is 264 Å². The van der Waals surface area contributed by atoms with E-state index in [1.165, 1.54) is 16.2 Å². The molecule has 4 unspecified atom stereocenters. The number of nitrogens with zero attached hydrogens (tertiary/aromatic N) is 2. The van der Waals surface area contributed by atoms with Crippen LogP contribution in [0, 0.1) is 29.6 Å². The average molecular weight is 683 g/mol. The van der Waals surface area contributed by atoms with Gasteiger partial charge in [0.2, 0.25) is 11.8 Å². The number of aromatic amines is 1. The molecule has 9 nitrogen and oxygen atoms in total. The molecule has 43 heavy (non-hydrogen) atoms. The van der Waals surface area contributed by atoms with Crippen molar-refractivity contribution in [3.63, 3.8) is 0 Å². The highest BCUT2D eigenvalue weighted by atomic mass is 79.9. The van der Waals surface area contributed by atoms with Crippen molar-refractivity contribution in [3.05, 3.63) is 73.1 Å². The molecule has 12 heteroatoms. The number of hydrogen-bond donors (Lipinski definition) is 1. The first-order valence-corrected chi connectivity index (χ1v) is 17.0. The van der Waals surface area contributed by atoms with Crippen molar-refractivity contribution in [1.82, 2.24) is 9.88 Å². The minimum absolute atomic E-state index is 0.0362. The summed E-state index contributed by atoms with van der Waals surface area (Å²) in [6.07, 6.45) is 0.837. The summed E-state index contributed by atoms with van der Waals surface area (Å²) in [5.41, 5.74) is 1.66. The number of carbonyl (C=O) groups excluding carboxylic acids is 3. The highest BCUT2D eigenvalue weighted by Gasteiger charge is 2.69. The first kappa shape index (κ1) is 27.6. The molecule has 3 amide bonds. The second-order valence-electron chi connectivity index (χ2n) is 11.8. The number of morpholine rings is 1. The molecule has 0 radical (unpaired) electrons. The van der Waals surface area contributed by atoms with E-state index in [0.29, 0.717) is 37.7 Å². The van der Waals surface area contributed by atoms with Gasteiger partial charge in [0, 0.05) is 33.6 Å². The van der Waals surface area contributed by atoms with Crippen LogP contribution in [0.1, 0.15) is 22.8 Å². The van der Waals surface area contributed by atoms with Crippen LogP contribution in [0.3, 0.4) is 0 Å². The van der Waals surface area contributed by atoms with Crippen molar-refractivity contribution in [3.8, 4) is 5.75 Å². The molecule has 2 aromatic carbocycles. The lowest BCUT2D eigenvalue weighted by atomic mass is 9.68. The van der Waals surface area contributed by atoms with Crippen molar-refractivity contribution in [2.45, 2.75) is 22.6 Å². The molecule has 4 fully saturated rings. The number of thioether (sulfide) groups is 1. The van der Waals surface area contributed by atoms with Crippen molar-refractivity contribution < 1.29 is 23.9 Å². The van der Waals surface area contributed by atoms with Gasteiger partial charge in [-0.15, -0.1) is 11.8 Å². The van der Waals surface area contributed by atoms with E-state index < -0.39 is 0 Å². The fourth-order valence-electron chi connectivity index (χ4n) is 8.06. The fourth-order valence-corrected chi connectivity index (χ4v) is 11.2. The number of amides is 3. The minimum Gasteiger partial charge on any atom is -0.484 e. The Bertz CT molecular complexity index is 1670. The maximum Gasteiger partial charge on any atom is 0.305 e. The zero-order chi connectivity index (χ0) is 29.4. The summed E-state index contributed by atoms with van der Waals surface area (Å²) in [7, 11) is 0. The zero-order valence-corrected chi connectivity index (χ0v) is 26.2. The van der Waals surface area contributed by atoms with Crippen molar-refractivity contribution in [1.29, 1.82) is 0 Å². The number of ether oxygens (including phenoxy) is 2. The molecule has 2 bridgehead atoms. The number of anilines is 1. The first-order chi connectivity index (χ1) is 20.9. The molecule has 8 rings (SSSR count). The van der Waals surface area contributed by atoms with Crippen molar-refractivity contribution >= 4 is 62.4 Å². The molecular formula is C31H28BrN3O6S2. The average Bonchev–Trinajstić information content (AvgIpc) is 3.76. The van der Waals surface area contributed by atoms with Crippen LogP contribution in [0.5, 0.6) is 5.75 Å². The maximum atomic E-state index is 13.9. The lowest BCUT2D eigenvalue weighted by Crippen LogP contribution is -2.43. The number of aromatic nitrogens is 1. The van der Waals surface area contributed by atoms with Gasteiger partial charge in [0.25, 0.3) is 5.91 Å². The van der Waals surface area contributed by atoms with Crippen LogP contribution in [0.4, 0.5) is 5.69 Å². The van der Waals surface area contributed by atoms with Gasteiger partial charge in [-0.05, 0) is 66.1 Å². The second-order valence-corrected chi connectivity index (χ2v) is 14.9. The van der Waals surface area contributed by atoms with Gasteiger partial charge in [-0.3, -0.25) is 24.1 Å². The van der Waals surface area contributed by atoms with E-state index >= 15 is 0 Å². The molecule has 1 N–H and O–H groups in total. The summed E-state index contributed by atoms with van der Waals surface area (Å²) < 4.78 is 12.1.